The van der Waals surface area contributed by atoms with Gasteiger partial charge >= 0.3 is 6.18 Å². The first kappa shape index (κ1) is 16.3. The van der Waals surface area contributed by atoms with E-state index in [1.54, 1.807) is 0 Å². The molecule has 0 unspecified atom stereocenters. The molecular formula is C13H18F3N3O. The first-order valence-corrected chi connectivity index (χ1v) is 6.29. The number of hydrogen-bond donors (Lipinski definition) is 2. The van der Waals surface area contributed by atoms with Crippen LogP contribution in [0.5, 0.6) is 0 Å². The van der Waals surface area contributed by atoms with Crippen molar-refractivity contribution in [2.45, 2.75) is 45.3 Å². The fourth-order valence-electron chi connectivity index (χ4n) is 1.62. The Morgan fingerprint density at radius 3 is 2.25 bits per heavy atom. The first-order valence-electron chi connectivity index (χ1n) is 6.29. The molecule has 0 saturated heterocycles. The first-order chi connectivity index (χ1) is 9.13. The maximum absolute atomic E-state index is 12.7. The van der Waals surface area contributed by atoms with E-state index in [9.17, 15) is 18.0 Å². The lowest BCUT2D eigenvalue weighted by atomic mass is 9.95. The molecule has 0 saturated carbocycles. The monoisotopic (exact) mass is 289 g/mol. The quantitative estimate of drug-likeness (QED) is 0.874. The zero-order valence-corrected chi connectivity index (χ0v) is 11.6. The van der Waals surface area contributed by atoms with E-state index in [1.807, 2.05) is 20.8 Å². The fourth-order valence-corrected chi connectivity index (χ4v) is 1.62. The van der Waals surface area contributed by atoms with Gasteiger partial charge in [0.25, 0.3) is 5.91 Å². The molecule has 20 heavy (non-hydrogen) atoms. The smallest absolute Gasteiger partial charge is 0.365 e. The number of nitrogens with zero attached hydrogens (tertiary/aromatic N) is 1. The van der Waals surface area contributed by atoms with Gasteiger partial charge in [-0.2, -0.15) is 13.2 Å². The number of hydrogen-bond acceptors (Lipinski definition) is 3. The third kappa shape index (κ3) is 3.61. The Morgan fingerprint density at radius 2 is 1.85 bits per heavy atom. The SMILES string of the molecule is CCC(C)(CC)Nc1nc(C(F)(F)F)ccc1C(N)=O. The van der Waals surface area contributed by atoms with Crippen LogP contribution in [0.3, 0.4) is 0 Å². The number of nitrogens with one attached hydrogen (secondary N) is 1. The van der Waals surface area contributed by atoms with Crippen LogP contribution in [0.15, 0.2) is 12.1 Å². The maximum Gasteiger partial charge on any atom is 0.433 e. The summed E-state index contributed by atoms with van der Waals surface area (Å²) < 4.78 is 38.1. The minimum Gasteiger partial charge on any atom is -0.365 e. The van der Waals surface area contributed by atoms with Gasteiger partial charge < -0.3 is 11.1 Å². The third-order valence-electron chi connectivity index (χ3n) is 3.43. The summed E-state index contributed by atoms with van der Waals surface area (Å²) in [7, 11) is 0. The Bertz CT molecular complexity index is 496. The Labute approximate surface area is 115 Å². The summed E-state index contributed by atoms with van der Waals surface area (Å²) in [4.78, 5) is 14.8. The minimum atomic E-state index is -4.57. The van der Waals surface area contributed by atoms with E-state index in [2.05, 4.69) is 10.3 Å². The molecule has 0 atom stereocenters. The minimum absolute atomic E-state index is 0.0499. The number of alkyl halides is 3. The fraction of sp³-hybridized carbons (Fsp3) is 0.538. The molecule has 1 rings (SSSR count). The van der Waals surface area contributed by atoms with Gasteiger partial charge in [-0.05, 0) is 31.9 Å². The molecule has 0 radical (unpaired) electrons. The third-order valence-corrected chi connectivity index (χ3v) is 3.43. The van der Waals surface area contributed by atoms with E-state index in [0.29, 0.717) is 12.8 Å². The Hall–Kier alpha value is -1.79. The van der Waals surface area contributed by atoms with E-state index in [-0.39, 0.29) is 11.4 Å². The highest BCUT2D eigenvalue weighted by molar-refractivity contribution is 5.97. The summed E-state index contributed by atoms with van der Waals surface area (Å²) in [5.41, 5.74) is 3.61. The van der Waals surface area contributed by atoms with Gasteiger partial charge in [0.05, 0.1) is 5.56 Å². The van der Waals surface area contributed by atoms with Crippen LogP contribution >= 0.6 is 0 Å². The van der Waals surface area contributed by atoms with Gasteiger partial charge in [-0.1, -0.05) is 13.8 Å². The summed E-state index contributed by atoms with van der Waals surface area (Å²) in [5.74, 6) is -0.943. The number of nitrogens with two attached hydrogens (primary N) is 1. The zero-order valence-electron chi connectivity index (χ0n) is 11.6. The number of anilines is 1. The van der Waals surface area contributed by atoms with Crippen molar-refractivity contribution in [1.82, 2.24) is 4.98 Å². The molecule has 1 amide bonds. The second kappa shape index (κ2) is 5.68. The second-order valence-electron chi connectivity index (χ2n) is 4.85. The summed E-state index contributed by atoms with van der Waals surface area (Å²) in [5, 5.41) is 2.91. The number of carbonyl (C=O) groups is 1. The lowest BCUT2D eigenvalue weighted by Gasteiger charge is -2.29. The molecule has 0 bridgehead atoms. The van der Waals surface area contributed by atoms with Gasteiger partial charge in [0, 0.05) is 5.54 Å². The van der Waals surface area contributed by atoms with Gasteiger partial charge in [-0.3, -0.25) is 4.79 Å². The highest BCUT2D eigenvalue weighted by atomic mass is 19.4. The topological polar surface area (TPSA) is 68.0 Å². The molecule has 0 fully saturated rings. The molecule has 0 aliphatic carbocycles. The number of pyridine rings is 1. The molecule has 7 heteroatoms. The van der Waals surface area contributed by atoms with Gasteiger partial charge in [-0.25, -0.2) is 4.98 Å². The van der Waals surface area contributed by atoms with Crippen LogP contribution in [-0.2, 0) is 6.18 Å². The second-order valence-corrected chi connectivity index (χ2v) is 4.85. The number of rotatable bonds is 5. The van der Waals surface area contributed by atoms with E-state index in [4.69, 9.17) is 5.73 Å². The predicted octanol–water partition coefficient (Wildman–Crippen LogP) is 3.19. The van der Waals surface area contributed by atoms with Crippen LogP contribution in [0.4, 0.5) is 19.0 Å². The highest BCUT2D eigenvalue weighted by Gasteiger charge is 2.34. The maximum atomic E-state index is 12.7. The number of amides is 1. The predicted molar refractivity (Wildman–Crippen MR) is 70.4 cm³/mol. The summed E-state index contributed by atoms with van der Waals surface area (Å²) in [6.07, 6.45) is -3.24. The van der Waals surface area contributed by atoms with Crippen molar-refractivity contribution in [3.63, 3.8) is 0 Å². The normalized spacial score (nSPS) is 12.3. The standard InChI is InChI=1S/C13H18F3N3O/c1-4-12(3,5-2)19-11-8(10(17)20)6-7-9(18-11)13(14,15)16/h6-7H,4-5H2,1-3H3,(H2,17,20)(H,18,19). The molecule has 0 aliphatic rings. The molecule has 112 valence electrons. The molecule has 0 aromatic carbocycles. The average Bonchev–Trinajstić information content (AvgIpc) is 2.37. The van der Waals surface area contributed by atoms with Crippen LogP contribution in [0.2, 0.25) is 0 Å². The summed E-state index contributed by atoms with van der Waals surface area (Å²) in [6, 6.07) is 1.80. The largest absolute Gasteiger partial charge is 0.433 e. The Balaban J connectivity index is 3.29. The van der Waals surface area contributed by atoms with E-state index >= 15 is 0 Å². The molecule has 0 aliphatic heterocycles. The van der Waals surface area contributed by atoms with Crippen molar-refractivity contribution in [3.05, 3.63) is 23.4 Å². The number of halogens is 3. The van der Waals surface area contributed by atoms with E-state index in [1.165, 1.54) is 0 Å². The van der Waals surface area contributed by atoms with Gasteiger partial charge in [0.1, 0.15) is 11.5 Å². The summed E-state index contributed by atoms with van der Waals surface area (Å²) in [6.45, 7) is 5.64. The van der Waals surface area contributed by atoms with E-state index in [0.717, 1.165) is 12.1 Å². The molecule has 1 heterocycles. The van der Waals surface area contributed by atoms with Crippen molar-refractivity contribution in [1.29, 1.82) is 0 Å². The van der Waals surface area contributed by atoms with Crippen LogP contribution < -0.4 is 11.1 Å². The molecule has 4 nitrogen and oxygen atoms in total. The average molecular weight is 289 g/mol. The number of carbonyl (C=O) groups excluding carboxylic acids is 1. The molecular weight excluding hydrogens is 271 g/mol. The van der Waals surface area contributed by atoms with Crippen molar-refractivity contribution in [2.24, 2.45) is 5.73 Å². The Kier molecular flexibility index (Phi) is 4.62. The van der Waals surface area contributed by atoms with Gasteiger partial charge in [-0.15, -0.1) is 0 Å². The van der Waals surface area contributed by atoms with Crippen molar-refractivity contribution < 1.29 is 18.0 Å². The van der Waals surface area contributed by atoms with E-state index < -0.39 is 23.3 Å². The van der Waals surface area contributed by atoms with Gasteiger partial charge in [0.15, 0.2) is 0 Å². The van der Waals surface area contributed by atoms with Crippen LogP contribution in [0, 0.1) is 0 Å². The lowest BCUT2D eigenvalue weighted by Crippen LogP contribution is -2.35. The van der Waals surface area contributed by atoms with Crippen molar-refractivity contribution in [2.75, 3.05) is 5.32 Å². The van der Waals surface area contributed by atoms with Crippen molar-refractivity contribution >= 4 is 11.7 Å². The molecule has 0 spiro atoms. The molecule has 3 N–H and O–H groups in total. The number of aromatic nitrogens is 1. The molecule has 1 aromatic heterocycles. The molecule has 1 aromatic rings. The number of primary amides is 1. The Morgan fingerprint density at radius 1 is 1.30 bits per heavy atom. The van der Waals surface area contributed by atoms with Gasteiger partial charge in [0.2, 0.25) is 0 Å². The zero-order chi connectivity index (χ0) is 15.6. The summed E-state index contributed by atoms with van der Waals surface area (Å²) >= 11 is 0. The van der Waals surface area contributed by atoms with Crippen LogP contribution in [-0.4, -0.2) is 16.4 Å². The van der Waals surface area contributed by atoms with Crippen molar-refractivity contribution in [3.8, 4) is 0 Å². The highest BCUT2D eigenvalue weighted by Crippen LogP contribution is 2.31. The lowest BCUT2D eigenvalue weighted by molar-refractivity contribution is -0.141. The van der Waals surface area contributed by atoms with Crippen LogP contribution in [0.1, 0.15) is 49.7 Å². The van der Waals surface area contributed by atoms with Crippen LogP contribution in [0.25, 0.3) is 0 Å².